The minimum absolute atomic E-state index is 0.516. The topological polar surface area (TPSA) is 61.8 Å². The van der Waals surface area contributed by atoms with Crippen LogP contribution in [0.4, 0.5) is 11.4 Å². The lowest BCUT2D eigenvalue weighted by Gasteiger charge is -2.08. The second kappa shape index (κ2) is 5.56. The van der Waals surface area contributed by atoms with Crippen molar-refractivity contribution in [3.05, 3.63) is 45.6 Å². The highest BCUT2D eigenvalue weighted by Crippen LogP contribution is 2.21. The van der Waals surface area contributed by atoms with Gasteiger partial charge in [-0.15, -0.1) is 11.3 Å². The van der Waals surface area contributed by atoms with E-state index in [0.29, 0.717) is 11.3 Å². The van der Waals surface area contributed by atoms with Crippen molar-refractivity contribution in [2.24, 2.45) is 0 Å². The molecule has 2 rings (SSSR count). The standard InChI is InChI=1S/C14H15N3S/c1-2-10-5-6-18-14(10)9-17-12-3-4-13(16)11(7-12)8-15/h3-7,17H,2,9,16H2,1H3. The highest BCUT2D eigenvalue weighted by atomic mass is 32.1. The number of hydrogen-bond acceptors (Lipinski definition) is 4. The van der Waals surface area contributed by atoms with E-state index in [4.69, 9.17) is 11.0 Å². The summed E-state index contributed by atoms with van der Waals surface area (Å²) in [4.78, 5) is 1.34. The van der Waals surface area contributed by atoms with Crippen LogP contribution in [0.1, 0.15) is 22.9 Å². The molecule has 1 heterocycles. The molecule has 0 aliphatic rings. The Labute approximate surface area is 111 Å². The highest BCUT2D eigenvalue weighted by molar-refractivity contribution is 7.10. The lowest BCUT2D eigenvalue weighted by Crippen LogP contribution is -2.01. The molecule has 1 aromatic carbocycles. The van der Waals surface area contributed by atoms with Crippen LogP contribution in [-0.2, 0) is 13.0 Å². The van der Waals surface area contributed by atoms with Gasteiger partial charge in [0, 0.05) is 22.8 Å². The van der Waals surface area contributed by atoms with Gasteiger partial charge in [0.25, 0.3) is 0 Å². The predicted molar refractivity (Wildman–Crippen MR) is 76.6 cm³/mol. The van der Waals surface area contributed by atoms with E-state index >= 15 is 0 Å². The van der Waals surface area contributed by atoms with Crippen molar-refractivity contribution in [1.29, 1.82) is 5.26 Å². The zero-order chi connectivity index (χ0) is 13.0. The first-order valence-corrected chi connectivity index (χ1v) is 6.71. The van der Waals surface area contributed by atoms with Crippen molar-refractivity contribution in [3.63, 3.8) is 0 Å². The van der Waals surface area contributed by atoms with Crippen LogP contribution >= 0.6 is 11.3 Å². The van der Waals surface area contributed by atoms with Crippen LogP contribution in [0.3, 0.4) is 0 Å². The smallest absolute Gasteiger partial charge is 0.101 e. The summed E-state index contributed by atoms with van der Waals surface area (Å²) >= 11 is 1.75. The van der Waals surface area contributed by atoms with Crippen molar-refractivity contribution in [1.82, 2.24) is 0 Å². The molecule has 4 heteroatoms. The minimum Gasteiger partial charge on any atom is -0.398 e. The van der Waals surface area contributed by atoms with Crippen LogP contribution in [0.15, 0.2) is 29.6 Å². The first-order chi connectivity index (χ1) is 8.74. The Kier molecular flexibility index (Phi) is 3.85. The first-order valence-electron chi connectivity index (χ1n) is 5.83. The summed E-state index contributed by atoms with van der Waals surface area (Å²) in [5, 5.41) is 14.4. The molecule has 0 amide bonds. The normalized spacial score (nSPS) is 10.0. The number of nitrogen functional groups attached to an aromatic ring is 1. The lowest BCUT2D eigenvalue weighted by atomic mass is 10.1. The summed E-state index contributed by atoms with van der Waals surface area (Å²) in [6.07, 6.45) is 1.05. The average molecular weight is 257 g/mol. The van der Waals surface area contributed by atoms with Crippen LogP contribution in [0.25, 0.3) is 0 Å². The Morgan fingerprint density at radius 2 is 2.22 bits per heavy atom. The Hall–Kier alpha value is -1.99. The number of nitrogens with zero attached hydrogens (tertiary/aromatic N) is 1. The Morgan fingerprint density at radius 1 is 1.39 bits per heavy atom. The zero-order valence-electron chi connectivity index (χ0n) is 10.2. The molecule has 0 bridgehead atoms. The third-order valence-electron chi connectivity index (χ3n) is 2.85. The SMILES string of the molecule is CCc1ccsc1CNc1ccc(N)c(C#N)c1. The number of nitrogens with one attached hydrogen (secondary N) is 1. The maximum absolute atomic E-state index is 8.92. The molecule has 0 unspecified atom stereocenters. The van der Waals surface area contributed by atoms with Gasteiger partial charge in [0.2, 0.25) is 0 Å². The van der Waals surface area contributed by atoms with Gasteiger partial charge in [-0.05, 0) is 41.6 Å². The fourth-order valence-corrected chi connectivity index (χ4v) is 2.70. The van der Waals surface area contributed by atoms with Crippen LogP contribution in [0.5, 0.6) is 0 Å². The molecule has 2 aromatic rings. The number of aryl methyl sites for hydroxylation is 1. The molecule has 0 aliphatic heterocycles. The zero-order valence-corrected chi connectivity index (χ0v) is 11.1. The van der Waals surface area contributed by atoms with Crippen LogP contribution in [0.2, 0.25) is 0 Å². The fourth-order valence-electron chi connectivity index (χ4n) is 1.78. The third-order valence-corrected chi connectivity index (χ3v) is 3.81. The first kappa shape index (κ1) is 12.5. The Balaban J connectivity index is 2.09. The summed E-state index contributed by atoms with van der Waals surface area (Å²) < 4.78 is 0. The average Bonchev–Trinajstić information content (AvgIpc) is 2.85. The van der Waals surface area contributed by atoms with Crippen LogP contribution in [0, 0.1) is 11.3 Å². The molecule has 0 atom stereocenters. The summed E-state index contributed by atoms with van der Waals surface area (Å²) in [6, 6.07) is 9.69. The van der Waals surface area contributed by atoms with Gasteiger partial charge in [-0.25, -0.2) is 0 Å². The molecule has 0 radical (unpaired) electrons. The van der Waals surface area contributed by atoms with E-state index in [1.54, 1.807) is 23.5 Å². The molecule has 0 spiro atoms. The number of nitrogens with two attached hydrogens (primary N) is 1. The van der Waals surface area contributed by atoms with E-state index in [1.165, 1.54) is 10.4 Å². The molecule has 0 saturated carbocycles. The minimum atomic E-state index is 0.516. The summed E-state index contributed by atoms with van der Waals surface area (Å²) in [7, 11) is 0. The number of hydrogen-bond donors (Lipinski definition) is 2. The van der Waals surface area contributed by atoms with E-state index in [2.05, 4.69) is 29.8 Å². The molecule has 1 aromatic heterocycles. The van der Waals surface area contributed by atoms with Gasteiger partial charge < -0.3 is 11.1 Å². The maximum atomic E-state index is 8.92. The lowest BCUT2D eigenvalue weighted by molar-refractivity contribution is 1.08. The molecular weight excluding hydrogens is 242 g/mol. The Morgan fingerprint density at radius 3 is 2.94 bits per heavy atom. The van der Waals surface area contributed by atoms with Crippen molar-refractivity contribution < 1.29 is 0 Å². The molecule has 3 N–H and O–H groups in total. The second-order valence-corrected chi connectivity index (χ2v) is 4.99. The van der Waals surface area contributed by atoms with Crippen LogP contribution < -0.4 is 11.1 Å². The molecule has 92 valence electrons. The Bertz CT molecular complexity index is 581. The van der Waals surface area contributed by atoms with Crippen LogP contribution in [-0.4, -0.2) is 0 Å². The third kappa shape index (κ3) is 2.63. The van der Waals surface area contributed by atoms with Gasteiger partial charge in [0.05, 0.1) is 5.56 Å². The van der Waals surface area contributed by atoms with Gasteiger partial charge in [-0.1, -0.05) is 6.92 Å². The number of rotatable bonds is 4. The highest BCUT2D eigenvalue weighted by Gasteiger charge is 2.03. The van der Waals surface area contributed by atoms with E-state index in [1.807, 2.05) is 6.07 Å². The van der Waals surface area contributed by atoms with Gasteiger partial charge in [-0.3, -0.25) is 0 Å². The molecule has 0 saturated heterocycles. The van der Waals surface area contributed by atoms with E-state index < -0.39 is 0 Å². The monoisotopic (exact) mass is 257 g/mol. The van der Waals surface area contributed by atoms with Crippen molar-refractivity contribution in [2.75, 3.05) is 11.1 Å². The quantitative estimate of drug-likeness (QED) is 0.825. The number of thiophene rings is 1. The summed E-state index contributed by atoms with van der Waals surface area (Å²) in [6.45, 7) is 2.94. The van der Waals surface area contributed by atoms with Gasteiger partial charge >= 0.3 is 0 Å². The van der Waals surface area contributed by atoms with E-state index in [9.17, 15) is 0 Å². The largest absolute Gasteiger partial charge is 0.398 e. The van der Waals surface area contributed by atoms with Crippen molar-refractivity contribution in [2.45, 2.75) is 19.9 Å². The molecule has 18 heavy (non-hydrogen) atoms. The second-order valence-electron chi connectivity index (χ2n) is 3.99. The van der Waals surface area contributed by atoms with Crippen molar-refractivity contribution in [3.8, 4) is 6.07 Å². The van der Waals surface area contributed by atoms with Crippen molar-refractivity contribution >= 4 is 22.7 Å². The van der Waals surface area contributed by atoms with E-state index in [0.717, 1.165) is 18.7 Å². The van der Waals surface area contributed by atoms with Gasteiger partial charge in [-0.2, -0.15) is 5.26 Å². The number of benzene rings is 1. The molecular formula is C14H15N3S. The summed E-state index contributed by atoms with van der Waals surface area (Å²) in [5.74, 6) is 0. The number of anilines is 2. The molecule has 0 fully saturated rings. The molecule has 0 aliphatic carbocycles. The van der Waals surface area contributed by atoms with Gasteiger partial charge in [0.15, 0.2) is 0 Å². The van der Waals surface area contributed by atoms with Gasteiger partial charge in [0.1, 0.15) is 6.07 Å². The maximum Gasteiger partial charge on any atom is 0.101 e. The molecule has 3 nitrogen and oxygen atoms in total. The van der Waals surface area contributed by atoms with E-state index in [-0.39, 0.29) is 0 Å². The fraction of sp³-hybridized carbons (Fsp3) is 0.214. The predicted octanol–water partition coefficient (Wildman–Crippen LogP) is 3.38. The summed E-state index contributed by atoms with van der Waals surface area (Å²) in [5.41, 5.74) is 9.03. The number of nitriles is 1.